The van der Waals surface area contributed by atoms with E-state index in [0.717, 1.165) is 11.2 Å². The second-order valence-corrected chi connectivity index (χ2v) is 4.23. The lowest BCUT2D eigenvalue weighted by Crippen LogP contribution is -2.05. The molecule has 3 heteroatoms. The summed E-state index contributed by atoms with van der Waals surface area (Å²) in [7, 11) is 1.99. The highest BCUT2D eigenvalue weighted by Crippen LogP contribution is 2.20. The number of aromatic nitrogens is 1. The lowest BCUT2D eigenvalue weighted by Gasteiger charge is -2.03. The number of benzene rings is 1. The fourth-order valence-electron chi connectivity index (χ4n) is 1.97. The van der Waals surface area contributed by atoms with E-state index < -0.39 is 0 Å². The highest BCUT2D eigenvalue weighted by Gasteiger charge is 2.07. The Kier molecular flexibility index (Phi) is 3.51. The number of carbonyl (C=O) groups is 1. The van der Waals surface area contributed by atoms with Gasteiger partial charge in [0, 0.05) is 29.2 Å². The molecule has 0 aliphatic rings. The molecule has 2 aromatic rings. The zero-order valence-corrected chi connectivity index (χ0v) is 10.9. The summed E-state index contributed by atoms with van der Waals surface area (Å²) < 4.78 is 7.04. The summed E-state index contributed by atoms with van der Waals surface area (Å²) in [5.74, 6) is -0.261. The molecular formula is C15H17NO2. The zero-order valence-electron chi connectivity index (χ0n) is 10.9. The standard InChI is InChI=1S/C15H17NO2/c1-4-18-15(17)11(2)9-13-10-12-7-5-6-8-14(12)16(13)3/h5-10H,4H2,1-3H3/b11-9+. The number of esters is 1. The zero-order chi connectivity index (χ0) is 13.1. The van der Waals surface area contributed by atoms with E-state index in [-0.39, 0.29) is 5.97 Å². The van der Waals surface area contributed by atoms with Gasteiger partial charge >= 0.3 is 5.97 Å². The van der Waals surface area contributed by atoms with Gasteiger partial charge in [0.05, 0.1) is 6.61 Å². The van der Waals surface area contributed by atoms with Crippen LogP contribution in [0, 0.1) is 0 Å². The van der Waals surface area contributed by atoms with Gasteiger partial charge in [0.25, 0.3) is 0 Å². The molecule has 0 atom stereocenters. The van der Waals surface area contributed by atoms with Crippen molar-refractivity contribution in [1.29, 1.82) is 0 Å². The molecule has 0 aliphatic heterocycles. The number of hydrogen-bond acceptors (Lipinski definition) is 2. The Bertz CT molecular complexity index is 608. The smallest absolute Gasteiger partial charge is 0.333 e. The van der Waals surface area contributed by atoms with Crippen molar-refractivity contribution in [2.24, 2.45) is 7.05 Å². The molecule has 0 amide bonds. The van der Waals surface area contributed by atoms with E-state index in [9.17, 15) is 4.79 Å². The number of rotatable bonds is 3. The van der Waals surface area contributed by atoms with Crippen LogP contribution < -0.4 is 0 Å². The fourth-order valence-corrected chi connectivity index (χ4v) is 1.97. The molecule has 0 bridgehead atoms. The molecular weight excluding hydrogens is 226 g/mol. The van der Waals surface area contributed by atoms with E-state index in [4.69, 9.17) is 4.74 Å². The number of nitrogens with zero attached hydrogens (tertiary/aromatic N) is 1. The first-order chi connectivity index (χ1) is 8.63. The van der Waals surface area contributed by atoms with Crippen LogP contribution in [0.5, 0.6) is 0 Å². The van der Waals surface area contributed by atoms with Gasteiger partial charge in [0.2, 0.25) is 0 Å². The number of para-hydroxylation sites is 1. The molecule has 0 fully saturated rings. The van der Waals surface area contributed by atoms with Gasteiger partial charge in [-0.1, -0.05) is 18.2 Å². The van der Waals surface area contributed by atoms with Crippen LogP contribution in [-0.4, -0.2) is 17.1 Å². The van der Waals surface area contributed by atoms with Crippen LogP contribution in [0.25, 0.3) is 17.0 Å². The van der Waals surface area contributed by atoms with Crippen LogP contribution in [0.1, 0.15) is 19.5 Å². The first-order valence-electron chi connectivity index (χ1n) is 6.03. The molecule has 0 radical (unpaired) electrons. The van der Waals surface area contributed by atoms with Crippen molar-refractivity contribution >= 4 is 22.9 Å². The summed E-state index contributed by atoms with van der Waals surface area (Å²) in [4.78, 5) is 11.6. The molecule has 0 saturated heterocycles. The molecule has 3 nitrogen and oxygen atoms in total. The minimum atomic E-state index is -0.261. The molecule has 94 valence electrons. The van der Waals surface area contributed by atoms with Crippen molar-refractivity contribution in [2.75, 3.05) is 6.61 Å². The van der Waals surface area contributed by atoms with E-state index in [1.807, 2.05) is 32.2 Å². The maximum atomic E-state index is 11.6. The first kappa shape index (κ1) is 12.4. The molecule has 2 rings (SSSR count). The Labute approximate surface area is 107 Å². The van der Waals surface area contributed by atoms with Crippen molar-refractivity contribution in [3.05, 3.63) is 41.6 Å². The Balaban J connectivity index is 2.40. The van der Waals surface area contributed by atoms with Crippen LogP contribution in [0.4, 0.5) is 0 Å². The van der Waals surface area contributed by atoms with Gasteiger partial charge in [-0.3, -0.25) is 0 Å². The summed E-state index contributed by atoms with van der Waals surface area (Å²) in [6.07, 6.45) is 1.86. The number of aryl methyl sites for hydroxylation is 1. The van der Waals surface area contributed by atoms with Gasteiger partial charge in [0.1, 0.15) is 0 Å². The molecule has 18 heavy (non-hydrogen) atoms. The highest BCUT2D eigenvalue weighted by molar-refractivity contribution is 5.94. The average Bonchev–Trinajstić information content (AvgIpc) is 2.67. The van der Waals surface area contributed by atoms with Gasteiger partial charge in [-0.05, 0) is 32.1 Å². The Hall–Kier alpha value is -2.03. The second kappa shape index (κ2) is 5.08. The number of hydrogen-bond donors (Lipinski definition) is 0. The largest absolute Gasteiger partial charge is 0.463 e. The second-order valence-electron chi connectivity index (χ2n) is 4.23. The fraction of sp³-hybridized carbons (Fsp3) is 0.267. The third-order valence-corrected chi connectivity index (χ3v) is 2.95. The summed E-state index contributed by atoms with van der Waals surface area (Å²) in [5.41, 5.74) is 2.77. The molecule has 1 aromatic heterocycles. The monoisotopic (exact) mass is 243 g/mol. The van der Waals surface area contributed by atoms with E-state index in [2.05, 4.69) is 22.8 Å². The maximum Gasteiger partial charge on any atom is 0.333 e. The van der Waals surface area contributed by atoms with Gasteiger partial charge in [-0.15, -0.1) is 0 Å². The van der Waals surface area contributed by atoms with Crippen LogP contribution in [0.3, 0.4) is 0 Å². The lowest BCUT2D eigenvalue weighted by molar-refractivity contribution is -0.138. The van der Waals surface area contributed by atoms with Gasteiger partial charge in [-0.2, -0.15) is 0 Å². The van der Waals surface area contributed by atoms with E-state index in [1.54, 1.807) is 6.92 Å². The molecule has 0 N–H and O–H groups in total. The van der Waals surface area contributed by atoms with Crippen LogP contribution in [-0.2, 0) is 16.6 Å². The summed E-state index contributed by atoms with van der Waals surface area (Å²) in [6, 6.07) is 10.2. The minimum Gasteiger partial charge on any atom is -0.463 e. The van der Waals surface area contributed by atoms with Gasteiger partial charge < -0.3 is 9.30 Å². The maximum absolute atomic E-state index is 11.6. The van der Waals surface area contributed by atoms with Crippen molar-refractivity contribution in [2.45, 2.75) is 13.8 Å². The molecule has 0 saturated carbocycles. The summed E-state index contributed by atoms with van der Waals surface area (Å²) in [5, 5.41) is 1.17. The Morgan fingerprint density at radius 1 is 1.39 bits per heavy atom. The molecule has 0 aliphatic carbocycles. The minimum absolute atomic E-state index is 0.261. The van der Waals surface area contributed by atoms with E-state index >= 15 is 0 Å². The number of carbonyl (C=O) groups excluding carboxylic acids is 1. The molecule has 1 heterocycles. The Morgan fingerprint density at radius 2 is 2.11 bits per heavy atom. The first-order valence-corrected chi connectivity index (χ1v) is 6.03. The molecule has 1 aromatic carbocycles. The van der Waals surface area contributed by atoms with Crippen molar-refractivity contribution < 1.29 is 9.53 Å². The van der Waals surface area contributed by atoms with Crippen LogP contribution in [0.15, 0.2) is 35.9 Å². The predicted molar refractivity (Wildman–Crippen MR) is 73.2 cm³/mol. The van der Waals surface area contributed by atoms with Crippen molar-refractivity contribution in [3.8, 4) is 0 Å². The summed E-state index contributed by atoms with van der Waals surface area (Å²) >= 11 is 0. The predicted octanol–water partition coefficient (Wildman–Crippen LogP) is 3.14. The van der Waals surface area contributed by atoms with Gasteiger partial charge in [-0.25, -0.2) is 4.79 Å². The molecule has 0 spiro atoms. The topological polar surface area (TPSA) is 31.2 Å². The summed E-state index contributed by atoms with van der Waals surface area (Å²) in [6.45, 7) is 3.98. The SMILES string of the molecule is CCOC(=O)/C(C)=C/c1cc2ccccc2n1C. The molecule has 0 unspecified atom stereocenters. The third kappa shape index (κ3) is 2.30. The normalized spacial score (nSPS) is 11.8. The quantitative estimate of drug-likeness (QED) is 0.612. The van der Waals surface area contributed by atoms with Crippen molar-refractivity contribution in [1.82, 2.24) is 4.57 Å². The van der Waals surface area contributed by atoms with E-state index in [0.29, 0.717) is 12.2 Å². The van der Waals surface area contributed by atoms with E-state index in [1.165, 1.54) is 5.39 Å². The van der Waals surface area contributed by atoms with Crippen LogP contribution in [0.2, 0.25) is 0 Å². The average molecular weight is 243 g/mol. The Morgan fingerprint density at radius 3 is 2.78 bits per heavy atom. The number of ether oxygens (including phenoxy) is 1. The van der Waals surface area contributed by atoms with Crippen molar-refractivity contribution in [3.63, 3.8) is 0 Å². The highest BCUT2D eigenvalue weighted by atomic mass is 16.5. The third-order valence-electron chi connectivity index (χ3n) is 2.95. The van der Waals surface area contributed by atoms with Crippen LogP contribution >= 0.6 is 0 Å². The van der Waals surface area contributed by atoms with Gasteiger partial charge in [0.15, 0.2) is 0 Å². The number of fused-ring (bicyclic) bond motifs is 1. The lowest BCUT2D eigenvalue weighted by atomic mass is 10.2.